The van der Waals surface area contributed by atoms with Crippen LogP contribution in [0.25, 0.3) is 0 Å². The summed E-state index contributed by atoms with van der Waals surface area (Å²) >= 11 is 1.83. The van der Waals surface area contributed by atoms with E-state index >= 15 is 0 Å². The summed E-state index contributed by atoms with van der Waals surface area (Å²) in [6, 6.07) is 9.03. The van der Waals surface area contributed by atoms with Crippen molar-refractivity contribution >= 4 is 11.8 Å². The Kier molecular flexibility index (Phi) is 6.78. The van der Waals surface area contributed by atoms with Gasteiger partial charge in [-0.25, -0.2) is 0 Å². The summed E-state index contributed by atoms with van der Waals surface area (Å²) in [6.45, 7) is 20.6. The van der Waals surface area contributed by atoms with Gasteiger partial charge in [0.1, 0.15) is 30.3 Å². The Hall–Kier alpha value is -1.69. The van der Waals surface area contributed by atoms with Crippen molar-refractivity contribution in [2.45, 2.75) is 88.2 Å². The first-order valence-electron chi connectivity index (χ1n) is 11.9. The number of ether oxygens (including phenoxy) is 4. The third-order valence-electron chi connectivity index (χ3n) is 6.12. The molecule has 4 rings (SSSR count). The molecule has 2 heterocycles. The highest BCUT2D eigenvalue weighted by Gasteiger charge is 2.28. The van der Waals surface area contributed by atoms with Gasteiger partial charge in [0.25, 0.3) is 0 Å². The second-order valence-electron chi connectivity index (χ2n) is 11.4. The van der Waals surface area contributed by atoms with Crippen molar-refractivity contribution in [3.63, 3.8) is 0 Å². The summed E-state index contributed by atoms with van der Waals surface area (Å²) in [5, 5.41) is 0. The van der Waals surface area contributed by atoms with Crippen LogP contribution in [0.3, 0.4) is 0 Å². The summed E-state index contributed by atoms with van der Waals surface area (Å²) in [4.78, 5) is 2.53. The first-order valence-corrected chi connectivity index (χ1v) is 12.7. The maximum Gasteiger partial charge on any atom is 0.145 e. The van der Waals surface area contributed by atoms with E-state index in [0.29, 0.717) is 19.8 Å². The van der Waals surface area contributed by atoms with E-state index < -0.39 is 0 Å². The van der Waals surface area contributed by atoms with Crippen LogP contribution >= 0.6 is 11.8 Å². The second-order valence-corrected chi connectivity index (χ2v) is 12.5. The Morgan fingerprint density at radius 3 is 1.79 bits per heavy atom. The van der Waals surface area contributed by atoms with Crippen LogP contribution in [0.1, 0.15) is 63.8 Å². The van der Waals surface area contributed by atoms with Gasteiger partial charge < -0.3 is 18.9 Å². The van der Waals surface area contributed by atoms with Crippen molar-refractivity contribution < 1.29 is 18.9 Å². The molecule has 0 amide bonds. The van der Waals surface area contributed by atoms with Gasteiger partial charge in [-0.05, 0) is 60.1 Å². The quantitative estimate of drug-likeness (QED) is 0.426. The molecule has 0 spiro atoms. The second kappa shape index (κ2) is 9.16. The highest BCUT2D eigenvalue weighted by Crippen LogP contribution is 2.43. The van der Waals surface area contributed by atoms with Gasteiger partial charge in [0.15, 0.2) is 0 Å². The lowest BCUT2D eigenvalue weighted by molar-refractivity contribution is -0.0802. The Bertz CT molecular complexity index is 1010. The van der Waals surface area contributed by atoms with Crippen molar-refractivity contribution in [2.75, 3.05) is 26.4 Å². The van der Waals surface area contributed by atoms with Crippen LogP contribution in [0.5, 0.6) is 11.5 Å². The zero-order chi connectivity index (χ0) is 24.0. The van der Waals surface area contributed by atoms with Gasteiger partial charge in [0.05, 0.1) is 19.8 Å². The fourth-order valence-electron chi connectivity index (χ4n) is 3.86. The van der Waals surface area contributed by atoms with Gasteiger partial charge in [-0.1, -0.05) is 53.3 Å². The largest absolute Gasteiger partial charge is 0.490 e. The molecule has 2 aromatic carbocycles. The minimum Gasteiger partial charge on any atom is -0.490 e. The van der Waals surface area contributed by atoms with Gasteiger partial charge in [0, 0.05) is 20.9 Å². The molecule has 1 unspecified atom stereocenters. The predicted octanol–water partition coefficient (Wildman–Crippen LogP) is 6.60. The minimum absolute atomic E-state index is 0.0167. The van der Waals surface area contributed by atoms with E-state index in [1.807, 2.05) is 11.8 Å². The molecule has 0 aromatic heterocycles. The monoisotopic (exact) mass is 470 g/mol. The number of benzene rings is 2. The minimum atomic E-state index is -0.0170. The normalized spacial score (nSPS) is 18.7. The average Bonchev–Trinajstić information content (AvgIpc) is 3.49. The number of aryl methyl sites for hydroxylation is 2. The molecule has 0 saturated carbocycles. The lowest BCUT2D eigenvalue weighted by Gasteiger charge is -2.31. The number of epoxide rings is 1. The first kappa shape index (κ1) is 24.4. The van der Waals surface area contributed by atoms with Crippen LogP contribution in [0, 0.1) is 13.8 Å². The Labute approximate surface area is 203 Å². The van der Waals surface area contributed by atoms with Crippen molar-refractivity contribution in [3.8, 4) is 11.5 Å². The molecule has 2 aliphatic heterocycles. The van der Waals surface area contributed by atoms with Crippen LogP contribution in [-0.4, -0.2) is 38.6 Å². The van der Waals surface area contributed by atoms with Crippen molar-refractivity contribution in [2.24, 2.45) is 0 Å². The molecule has 0 N–H and O–H groups in total. The fourth-order valence-corrected chi connectivity index (χ4v) is 4.89. The van der Waals surface area contributed by atoms with E-state index in [-0.39, 0.29) is 23.0 Å². The lowest BCUT2D eigenvalue weighted by atomic mass is 9.85. The molecule has 2 saturated heterocycles. The van der Waals surface area contributed by atoms with E-state index in [2.05, 4.69) is 79.7 Å². The molecule has 2 fully saturated rings. The molecule has 33 heavy (non-hydrogen) atoms. The third kappa shape index (κ3) is 5.87. The molecule has 5 heteroatoms. The van der Waals surface area contributed by atoms with E-state index in [0.717, 1.165) is 18.1 Å². The zero-order valence-corrected chi connectivity index (χ0v) is 22.2. The average molecular weight is 471 g/mol. The molecule has 4 nitrogen and oxygen atoms in total. The summed E-state index contributed by atoms with van der Waals surface area (Å²) in [7, 11) is 0. The Morgan fingerprint density at radius 2 is 1.33 bits per heavy atom. The van der Waals surface area contributed by atoms with E-state index in [9.17, 15) is 0 Å². The summed E-state index contributed by atoms with van der Waals surface area (Å²) in [5.41, 5.74) is 4.89. The molecule has 2 aliphatic rings. The van der Waals surface area contributed by atoms with E-state index in [1.165, 1.54) is 32.0 Å². The summed E-state index contributed by atoms with van der Waals surface area (Å²) in [6.07, 6.45) is 0.409. The first-order chi connectivity index (χ1) is 15.4. The standard InChI is InChI=1S/C28H38O4S/c1-17-9-23(31-16-19-15-30-19)21(27(3,4)5)11-25(17)33-26-12-22(28(6,7)8)24(10-18(26)2)32-20-13-29-14-20/h9-12,19-20H,13-16H2,1-8H3. The highest BCUT2D eigenvalue weighted by molar-refractivity contribution is 7.99. The number of rotatable bonds is 7. The van der Waals surface area contributed by atoms with Gasteiger partial charge in [-0.3, -0.25) is 0 Å². The van der Waals surface area contributed by atoms with Gasteiger partial charge in [-0.15, -0.1) is 0 Å². The van der Waals surface area contributed by atoms with Gasteiger partial charge in [0.2, 0.25) is 0 Å². The predicted molar refractivity (Wildman–Crippen MR) is 134 cm³/mol. The van der Waals surface area contributed by atoms with Crippen LogP contribution < -0.4 is 9.47 Å². The molecule has 0 aliphatic carbocycles. The molecule has 180 valence electrons. The van der Waals surface area contributed by atoms with E-state index in [1.54, 1.807) is 0 Å². The summed E-state index contributed by atoms with van der Waals surface area (Å²) in [5.74, 6) is 1.95. The zero-order valence-electron chi connectivity index (χ0n) is 21.3. The molecular formula is C28H38O4S. The number of hydrogen-bond donors (Lipinski definition) is 0. The van der Waals surface area contributed by atoms with Gasteiger partial charge in [-0.2, -0.15) is 0 Å². The third-order valence-corrected chi connectivity index (χ3v) is 7.44. The summed E-state index contributed by atoms with van der Waals surface area (Å²) < 4.78 is 23.1. The highest BCUT2D eigenvalue weighted by atomic mass is 32.2. The fraction of sp³-hybridized carbons (Fsp3) is 0.571. The lowest BCUT2D eigenvalue weighted by Crippen LogP contribution is -2.39. The molecule has 1 atom stereocenters. The van der Waals surface area contributed by atoms with E-state index in [4.69, 9.17) is 18.9 Å². The smallest absolute Gasteiger partial charge is 0.145 e. The molecule has 0 radical (unpaired) electrons. The van der Waals surface area contributed by atoms with Crippen LogP contribution in [0.15, 0.2) is 34.1 Å². The Morgan fingerprint density at radius 1 is 0.818 bits per heavy atom. The SMILES string of the molecule is Cc1cc(OCC2CO2)c(C(C)(C)C)cc1Sc1cc(C(C)(C)C)c(OC2COC2)cc1C. The van der Waals surface area contributed by atoms with Crippen molar-refractivity contribution in [1.29, 1.82) is 0 Å². The van der Waals surface area contributed by atoms with Crippen LogP contribution in [0.4, 0.5) is 0 Å². The molecule has 0 bridgehead atoms. The molecular weight excluding hydrogens is 432 g/mol. The maximum absolute atomic E-state index is 6.29. The maximum atomic E-state index is 6.29. The van der Waals surface area contributed by atoms with Crippen LogP contribution in [0.2, 0.25) is 0 Å². The Balaban J connectivity index is 1.67. The number of hydrogen-bond acceptors (Lipinski definition) is 5. The van der Waals surface area contributed by atoms with Gasteiger partial charge >= 0.3 is 0 Å². The molecule has 2 aromatic rings. The van der Waals surface area contributed by atoms with Crippen LogP contribution in [-0.2, 0) is 20.3 Å². The topological polar surface area (TPSA) is 40.2 Å². The van der Waals surface area contributed by atoms with Crippen molar-refractivity contribution in [3.05, 3.63) is 46.5 Å². The van der Waals surface area contributed by atoms with Crippen molar-refractivity contribution in [1.82, 2.24) is 0 Å².